The lowest BCUT2D eigenvalue weighted by Gasteiger charge is -2.26. The maximum atomic E-state index is 13.8. The van der Waals surface area contributed by atoms with Crippen molar-refractivity contribution in [2.24, 2.45) is 0 Å². The minimum absolute atomic E-state index is 0.0150. The molecule has 1 fully saturated rings. The Labute approximate surface area is 269 Å². The third-order valence-corrected chi connectivity index (χ3v) is 8.85. The number of pyridine rings is 2. The Bertz CT molecular complexity index is 2370. The van der Waals surface area contributed by atoms with Gasteiger partial charge < -0.3 is 15.2 Å². The zero-order valence-electron chi connectivity index (χ0n) is 25.8. The molecule has 2 heterocycles. The van der Waals surface area contributed by atoms with Crippen molar-refractivity contribution in [3.8, 4) is 22.9 Å². The van der Waals surface area contributed by atoms with Gasteiger partial charge in [0.05, 0.1) is 27.7 Å². The average molecular weight is 626 g/mol. The Morgan fingerprint density at radius 1 is 0.723 bits per heavy atom. The summed E-state index contributed by atoms with van der Waals surface area (Å²) in [5.41, 5.74) is 2.71. The Balaban J connectivity index is 1.19. The molecule has 7 rings (SSSR count). The number of aromatic nitrogens is 2. The van der Waals surface area contributed by atoms with E-state index in [-0.39, 0.29) is 40.1 Å². The number of ether oxygens (including phenoxy) is 1. The van der Waals surface area contributed by atoms with Crippen LogP contribution >= 0.6 is 0 Å². The molecular weight excluding hydrogens is 594 g/mol. The zero-order chi connectivity index (χ0) is 32.8. The number of esters is 1. The minimum Gasteiger partial charge on any atom is -0.508 e. The van der Waals surface area contributed by atoms with Crippen LogP contribution in [0.4, 0.5) is 0 Å². The summed E-state index contributed by atoms with van der Waals surface area (Å²) in [6.07, 6.45) is 6.37. The predicted octanol–water partition coefficient (Wildman–Crippen LogP) is 6.12. The van der Waals surface area contributed by atoms with Crippen molar-refractivity contribution in [3.05, 3.63) is 140 Å². The van der Waals surface area contributed by atoms with Crippen molar-refractivity contribution in [1.29, 1.82) is 0 Å². The van der Waals surface area contributed by atoms with Crippen molar-refractivity contribution < 1.29 is 19.4 Å². The van der Waals surface area contributed by atoms with Crippen molar-refractivity contribution >= 4 is 33.4 Å². The van der Waals surface area contributed by atoms with E-state index >= 15 is 0 Å². The van der Waals surface area contributed by atoms with Gasteiger partial charge in [-0.25, -0.2) is 4.79 Å². The topological polar surface area (TPSA) is 120 Å². The summed E-state index contributed by atoms with van der Waals surface area (Å²) in [5, 5.41) is 15.0. The molecule has 4 aromatic carbocycles. The molecular formula is C38H31N3O6. The third kappa shape index (κ3) is 5.56. The second-order valence-corrected chi connectivity index (χ2v) is 12.0. The molecule has 0 spiro atoms. The molecule has 0 radical (unpaired) electrons. The Kier molecular flexibility index (Phi) is 7.44. The van der Waals surface area contributed by atoms with Crippen LogP contribution in [0.25, 0.3) is 32.9 Å². The minimum atomic E-state index is -0.658. The van der Waals surface area contributed by atoms with Crippen LogP contribution in [-0.2, 0) is 0 Å². The highest BCUT2D eigenvalue weighted by atomic mass is 16.5. The SMILES string of the molecule is Cc1ccc(C(=O)NC2CCC2)cc1-n1ccc2ccc(OC(=O)c3ccc(C)c(-n4ccc5ccc(O)cc5c4=O)c3)cc2c1=O. The van der Waals surface area contributed by atoms with E-state index in [9.17, 15) is 24.3 Å². The second-order valence-electron chi connectivity index (χ2n) is 12.0. The summed E-state index contributed by atoms with van der Waals surface area (Å²) in [7, 11) is 0. The number of amides is 1. The first kappa shape index (κ1) is 29.7. The van der Waals surface area contributed by atoms with E-state index in [1.807, 2.05) is 19.9 Å². The number of nitrogens with zero attached hydrogens (tertiary/aromatic N) is 2. The molecule has 1 amide bonds. The van der Waals surface area contributed by atoms with E-state index in [4.69, 9.17) is 4.74 Å². The highest BCUT2D eigenvalue weighted by molar-refractivity contribution is 5.95. The van der Waals surface area contributed by atoms with Gasteiger partial charge >= 0.3 is 5.97 Å². The molecule has 47 heavy (non-hydrogen) atoms. The van der Waals surface area contributed by atoms with Crippen LogP contribution in [-0.4, -0.2) is 32.2 Å². The van der Waals surface area contributed by atoms with Crippen LogP contribution in [0.3, 0.4) is 0 Å². The van der Waals surface area contributed by atoms with Crippen molar-refractivity contribution in [1.82, 2.24) is 14.5 Å². The number of phenolic OH excluding ortho intramolecular Hbond substituents is 1. The largest absolute Gasteiger partial charge is 0.508 e. The molecule has 1 aliphatic carbocycles. The molecule has 2 aromatic heterocycles. The quantitative estimate of drug-likeness (QED) is 0.170. The van der Waals surface area contributed by atoms with Crippen LogP contribution < -0.4 is 21.2 Å². The van der Waals surface area contributed by atoms with Gasteiger partial charge in [-0.05, 0) is 116 Å². The van der Waals surface area contributed by atoms with Crippen LogP contribution in [0.5, 0.6) is 11.5 Å². The first-order chi connectivity index (χ1) is 22.7. The summed E-state index contributed by atoms with van der Waals surface area (Å²) >= 11 is 0. The number of aryl methyl sites for hydroxylation is 2. The van der Waals surface area contributed by atoms with Crippen LogP contribution in [0, 0.1) is 13.8 Å². The highest BCUT2D eigenvalue weighted by Crippen LogP contribution is 2.24. The lowest BCUT2D eigenvalue weighted by Crippen LogP contribution is -2.39. The number of hydrogen-bond donors (Lipinski definition) is 2. The van der Waals surface area contributed by atoms with Crippen LogP contribution in [0.2, 0.25) is 0 Å². The van der Waals surface area contributed by atoms with Crippen molar-refractivity contribution in [2.45, 2.75) is 39.2 Å². The maximum Gasteiger partial charge on any atom is 0.343 e. The van der Waals surface area contributed by atoms with E-state index < -0.39 is 5.97 Å². The number of phenols is 1. The lowest BCUT2D eigenvalue weighted by molar-refractivity contribution is 0.0734. The van der Waals surface area contributed by atoms with Gasteiger partial charge in [-0.15, -0.1) is 0 Å². The number of benzene rings is 4. The molecule has 2 N–H and O–H groups in total. The molecule has 9 heteroatoms. The smallest absolute Gasteiger partial charge is 0.343 e. The first-order valence-corrected chi connectivity index (χ1v) is 15.4. The van der Waals surface area contributed by atoms with E-state index in [1.54, 1.807) is 73.1 Å². The molecule has 0 bridgehead atoms. The Hall–Kier alpha value is -5.96. The second kappa shape index (κ2) is 11.8. The number of carbonyl (C=O) groups is 2. The van der Waals surface area contributed by atoms with Gasteiger partial charge in [-0.3, -0.25) is 23.5 Å². The maximum absolute atomic E-state index is 13.8. The molecule has 9 nitrogen and oxygen atoms in total. The number of hydrogen-bond acceptors (Lipinski definition) is 6. The molecule has 234 valence electrons. The van der Waals surface area contributed by atoms with Gasteiger partial charge in [0.2, 0.25) is 0 Å². The summed E-state index contributed by atoms with van der Waals surface area (Å²) < 4.78 is 8.65. The summed E-state index contributed by atoms with van der Waals surface area (Å²) in [4.78, 5) is 53.2. The summed E-state index contributed by atoms with van der Waals surface area (Å²) in [6, 6.07) is 23.5. The van der Waals surface area contributed by atoms with Crippen LogP contribution in [0.15, 0.2) is 107 Å². The summed E-state index contributed by atoms with van der Waals surface area (Å²) in [6.45, 7) is 3.71. The first-order valence-electron chi connectivity index (χ1n) is 15.4. The van der Waals surface area contributed by atoms with E-state index in [2.05, 4.69) is 5.32 Å². The van der Waals surface area contributed by atoms with Gasteiger partial charge in [0.25, 0.3) is 17.0 Å². The Morgan fingerprint density at radius 2 is 1.30 bits per heavy atom. The van der Waals surface area contributed by atoms with Gasteiger partial charge in [0.15, 0.2) is 0 Å². The molecule has 0 atom stereocenters. The number of rotatable bonds is 6. The predicted molar refractivity (Wildman–Crippen MR) is 180 cm³/mol. The van der Waals surface area contributed by atoms with E-state index in [0.717, 1.165) is 30.4 Å². The van der Waals surface area contributed by atoms with Gasteiger partial charge in [0, 0.05) is 24.0 Å². The number of nitrogens with one attached hydrogen (secondary N) is 1. The van der Waals surface area contributed by atoms with E-state index in [0.29, 0.717) is 38.5 Å². The Morgan fingerprint density at radius 3 is 1.91 bits per heavy atom. The normalized spacial score (nSPS) is 13.0. The van der Waals surface area contributed by atoms with Crippen LogP contribution in [0.1, 0.15) is 51.1 Å². The van der Waals surface area contributed by atoms with Gasteiger partial charge in [-0.1, -0.05) is 24.3 Å². The highest BCUT2D eigenvalue weighted by Gasteiger charge is 2.21. The monoisotopic (exact) mass is 625 g/mol. The fraction of sp³-hybridized carbons (Fsp3) is 0.158. The number of aromatic hydroxyl groups is 1. The summed E-state index contributed by atoms with van der Waals surface area (Å²) in [5.74, 6) is -0.653. The molecule has 0 aliphatic heterocycles. The number of carbonyl (C=O) groups excluding carboxylic acids is 2. The molecule has 0 saturated heterocycles. The molecule has 0 unspecified atom stereocenters. The lowest BCUT2D eigenvalue weighted by atomic mass is 9.93. The zero-order valence-corrected chi connectivity index (χ0v) is 25.8. The molecule has 1 saturated carbocycles. The number of fused-ring (bicyclic) bond motifs is 2. The van der Waals surface area contributed by atoms with Crippen molar-refractivity contribution in [2.75, 3.05) is 0 Å². The molecule has 1 aliphatic rings. The van der Waals surface area contributed by atoms with Gasteiger partial charge in [-0.2, -0.15) is 0 Å². The van der Waals surface area contributed by atoms with E-state index in [1.165, 1.54) is 27.3 Å². The fourth-order valence-corrected chi connectivity index (χ4v) is 5.88. The third-order valence-electron chi connectivity index (χ3n) is 8.85. The fourth-order valence-electron chi connectivity index (χ4n) is 5.88. The van der Waals surface area contributed by atoms with Crippen molar-refractivity contribution in [3.63, 3.8) is 0 Å². The average Bonchev–Trinajstić information content (AvgIpc) is 3.04. The standard InChI is InChI=1S/C38H31N3O6/c1-22-6-8-26(35(43)39-28-4-3-5-28)18-33(22)40-17-15-25-11-13-30(21-32(25)37(40)45)47-38(46)27-9-7-23(2)34(19-27)41-16-14-24-10-12-29(42)20-31(24)36(41)44/h6-21,28,42H,3-5H2,1-2H3,(H,39,43). The molecule has 6 aromatic rings. The van der Waals surface area contributed by atoms with Gasteiger partial charge in [0.1, 0.15) is 11.5 Å².